The smallest absolute Gasteiger partial charge is 0.234 e. The van der Waals surface area contributed by atoms with Gasteiger partial charge < -0.3 is 5.11 Å². The summed E-state index contributed by atoms with van der Waals surface area (Å²) >= 11 is 4.50. The number of thiocarbonyl (C=S) groups is 1. The Balaban J connectivity index is 2.88. The van der Waals surface area contributed by atoms with Gasteiger partial charge in [-0.3, -0.25) is 0 Å². The first-order valence-electron chi connectivity index (χ1n) is 1.65. The summed E-state index contributed by atoms with van der Waals surface area (Å²) in [5, 5.41) is 15.0. The molecule has 0 aliphatic carbocycles. The maximum Gasteiger partial charge on any atom is 0.234 e. The Morgan fingerprint density at radius 1 is 1.57 bits per heavy atom. The largest absolute Gasteiger partial charge is 0.492 e. The van der Waals surface area contributed by atoms with Gasteiger partial charge in [0.25, 0.3) is 0 Å². The lowest BCUT2D eigenvalue weighted by atomic mass is 10.6. The van der Waals surface area contributed by atoms with E-state index in [9.17, 15) is 0 Å². The molecule has 7 heavy (non-hydrogen) atoms. The molecule has 0 saturated carbocycles. The van der Waals surface area contributed by atoms with Crippen LogP contribution in [0.25, 0.3) is 0 Å². The molecule has 4 heteroatoms. The Bertz CT molecular complexity index is 160. The number of hydrogen-bond acceptors (Lipinski definition) is 3. The highest BCUT2D eigenvalue weighted by molar-refractivity contribution is 7.80. The van der Waals surface area contributed by atoms with Gasteiger partial charge in [0, 0.05) is 6.08 Å². The Morgan fingerprint density at radius 2 is 2.29 bits per heavy atom. The van der Waals surface area contributed by atoms with E-state index in [-0.39, 0.29) is 5.88 Å². The molecule has 1 aliphatic heterocycles. The SMILES string of the molecule is OC1=CC(=S)N=N1. The quantitative estimate of drug-likeness (QED) is 0.480. The average Bonchev–Trinajstić information content (AvgIpc) is 1.87. The summed E-state index contributed by atoms with van der Waals surface area (Å²) < 4.78 is 0. The van der Waals surface area contributed by atoms with Gasteiger partial charge in [-0.15, -0.1) is 10.2 Å². The molecule has 0 unspecified atom stereocenters. The molecule has 1 N–H and O–H groups in total. The number of rotatable bonds is 0. The van der Waals surface area contributed by atoms with Crippen molar-refractivity contribution in [1.82, 2.24) is 0 Å². The molecule has 0 aromatic carbocycles. The van der Waals surface area contributed by atoms with Crippen molar-refractivity contribution in [2.24, 2.45) is 10.2 Å². The van der Waals surface area contributed by atoms with Crippen LogP contribution in [0.3, 0.4) is 0 Å². The van der Waals surface area contributed by atoms with Crippen LogP contribution in [0.15, 0.2) is 22.2 Å². The van der Waals surface area contributed by atoms with Gasteiger partial charge >= 0.3 is 0 Å². The number of azo groups is 1. The fourth-order valence-corrected chi connectivity index (χ4v) is 0.415. The van der Waals surface area contributed by atoms with Gasteiger partial charge in [0.1, 0.15) is 0 Å². The minimum absolute atomic E-state index is 0.106. The van der Waals surface area contributed by atoms with Gasteiger partial charge in [0.2, 0.25) is 5.88 Å². The summed E-state index contributed by atoms with van der Waals surface area (Å²) in [6.07, 6.45) is 1.31. The molecule has 36 valence electrons. The molecule has 1 rings (SSSR count). The van der Waals surface area contributed by atoms with Crippen LogP contribution in [0.1, 0.15) is 0 Å². The molecule has 0 amide bonds. The summed E-state index contributed by atoms with van der Waals surface area (Å²) in [6.45, 7) is 0. The van der Waals surface area contributed by atoms with E-state index in [1.54, 1.807) is 0 Å². The minimum atomic E-state index is -0.106. The van der Waals surface area contributed by atoms with E-state index in [1.165, 1.54) is 6.08 Å². The second kappa shape index (κ2) is 1.38. The molecular weight excluding hydrogens is 112 g/mol. The van der Waals surface area contributed by atoms with E-state index < -0.39 is 0 Å². The molecular formula is C3H2N2OS. The number of aliphatic hydroxyl groups is 1. The Hall–Kier alpha value is -0.770. The van der Waals surface area contributed by atoms with Crippen molar-refractivity contribution in [3.63, 3.8) is 0 Å². The normalized spacial score (nSPS) is 17.7. The zero-order valence-corrected chi connectivity index (χ0v) is 4.14. The van der Waals surface area contributed by atoms with Gasteiger partial charge in [-0.05, 0) is 0 Å². The van der Waals surface area contributed by atoms with Crippen LogP contribution >= 0.6 is 12.2 Å². The van der Waals surface area contributed by atoms with Crippen LogP contribution < -0.4 is 0 Å². The predicted molar refractivity (Wildman–Crippen MR) is 28.2 cm³/mol. The third kappa shape index (κ3) is 0.806. The lowest BCUT2D eigenvalue weighted by molar-refractivity contribution is 0.405. The lowest BCUT2D eigenvalue weighted by Crippen LogP contribution is -1.71. The van der Waals surface area contributed by atoms with E-state index in [1.807, 2.05) is 0 Å². The van der Waals surface area contributed by atoms with Gasteiger partial charge in [-0.1, -0.05) is 12.2 Å². The maximum atomic E-state index is 8.41. The zero-order valence-electron chi connectivity index (χ0n) is 3.33. The van der Waals surface area contributed by atoms with E-state index >= 15 is 0 Å². The van der Waals surface area contributed by atoms with Crippen molar-refractivity contribution < 1.29 is 5.11 Å². The lowest BCUT2D eigenvalue weighted by Gasteiger charge is -1.69. The molecule has 3 nitrogen and oxygen atoms in total. The maximum absolute atomic E-state index is 8.41. The van der Waals surface area contributed by atoms with Gasteiger partial charge in [0.05, 0.1) is 0 Å². The topological polar surface area (TPSA) is 45.0 Å². The summed E-state index contributed by atoms with van der Waals surface area (Å²) in [5.41, 5.74) is 0. The summed E-state index contributed by atoms with van der Waals surface area (Å²) in [4.78, 5) is 0.331. The van der Waals surface area contributed by atoms with Crippen LogP contribution in [0.4, 0.5) is 0 Å². The van der Waals surface area contributed by atoms with Gasteiger partial charge in [0.15, 0.2) is 4.99 Å². The molecule has 0 saturated heterocycles. The van der Waals surface area contributed by atoms with Crippen LogP contribution in [0, 0.1) is 0 Å². The van der Waals surface area contributed by atoms with Crippen molar-refractivity contribution in [3.8, 4) is 0 Å². The minimum Gasteiger partial charge on any atom is -0.492 e. The fourth-order valence-electron chi connectivity index (χ4n) is 0.269. The highest BCUT2D eigenvalue weighted by Crippen LogP contribution is 2.02. The van der Waals surface area contributed by atoms with E-state index in [0.717, 1.165) is 0 Å². The third-order valence-electron chi connectivity index (χ3n) is 0.504. The van der Waals surface area contributed by atoms with E-state index in [4.69, 9.17) is 5.11 Å². The van der Waals surface area contributed by atoms with Gasteiger partial charge in [-0.2, -0.15) is 0 Å². The Kier molecular flexibility index (Phi) is 0.867. The zero-order chi connectivity index (χ0) is 5.28. The van der Waals surface area contributed by atoms with Crippen LogP contribution in [-0.2, 0) is 0 Å². The highest BCUT2D eigenvalue weighted by Gasteiger charge is 1.99. The summed E-state index contributed by atoms with van der Waals surface area (Å²) in [5.74, 6) is -0.106. The third-order valence-corrected chi connectivity index (χ3v) is 0.703. The first-order chi connectivity index (χ1) is 3.29. The first kappa shape index (κ1) is 4.39. The molecule has 1 heterocycles. The van der Waals surface area contributed by atoms with Crippen molar-refractivity contribution in [1.29, 1.82) is 0 Å². The van der Waals surface area contributed by atoms with E-state index in [2.05, 4.69) is 22.4 Å². The molecule has 0 aromatic heterocycles. The van der Waals surface area contributed by atoms with E-state index in [0.29, 0.717) is 4.99 Å². The number of nitrogens with zero attached hydrogens (tertiary/aromatic N) is 2. The second-order valence-corrected chi connectivity index (χ2v) is 1.46. The second-order valence-electron chi connectivity index (χ2n) is 1.04. The van der Waals surface area contributed by atoms with Crippen LogP contribution in [-0.4, -0.2) is 10.1 Å². The Morgan fingerprint density at radius 3 is 2.43 bits per heavy atom. The summed E-state index contributed by atoms with van der Waals surface area (Å²) in [6, 6.07) is 0. The fraction of sp³-hybridized carbons (Fsp3) is 0. The molecule has 0 fully saturated rings. The van der Waals surface area contributed by atoms with Gasteiger partial charge in [-0.25, -0.2) is 0 Å². The number of hydrogen-bond donors (Lipinski definition) is 1. The molecule has 0 atom stereocenters. The van der Waals surface area contributed by atoms with Crippen molar-refractivity contribution in [3.05, 3.63) is 12.0 Å². The van der Waals surface area contributed by atoms with Crippen molar-refractivity contribution in [2.75, 3.05) is 0 Å². The monoisotopic (exact) mass is 114 g/mol. The van der Waals surface area contributed by atoms with Crippen LogP contribution in [0.5, 0.6) is 0 Å². The molecule has 0 bridgehead atoms. The standard InChI is InChI=1S/C3H2N2OS/c6-2-1-3(7)5-4-2/h1,6H. The Labute approximate surface area is 45.4 Å². The predicted octanol–water partition coefficient (Wildman–Crippen LogP) is 1.18. The molecule has 0 aromatic rings. The average molecular weight is 114 g/mol. The van der Waals surface area contributed by atoms with Crippen LogP contribution in [0.2, 0.25) is 0 Å². The van der Waals surface area contributed by atoms with Crippen molar-refractivity contribution >= 4 is 17.2 Å². The van der Waals surface area contributed by atoms with Crippen molar-refractivity contribution in [2.45, 2.75) is 0 Å². The number of aliphatic hydroxyl groups excluding tert-OH is 1. The molecule has 0 radical (unpaired) electrons. The first-order valence-corrected chi connectivity index (χ1v) is 2.06. The molecule has 1 aliphatic rings. The highest BCUT2D eigenvalue weighted by atomic mass is 32.1. The summed E-state index contributed by atoms with van der Waals surface area (Å²) in [7, 11) is 0. The molecule has 0 spiro atoms.